The second-order valence-corrected chi connectivity index (χ2v) is 6.63. The number of rotatable bonds is 4. The lowest BCUT2D eigenvalue weighted by molar-refractivity contribution is -0.137. The molecule has 1 fully saturated rings. The number of nitrogens with one attached hydrogen (secondary N) is 1. The summed E-state index contributed by atoms with van der Waals surface area (Å²) < 4.78 is 5.30. The summed E-state index contributed by atoms with van der Waals surface area (Å²) in [5.41, 5.74) is -0.0377. The summed E-state index contributed by atoms with van der Waals surface area (Å²) in [5, 5.41) is 11.8. The quantitative estimate of drug-likeness (QED) is 0.824. The number of carbonyl (C=O) groups excluding carboxylic acids is 1. The van der Waals surface area contributed by atoms with Crippen LogP contribution in [0, 0.1) is 5.41 Å². The van der Waals surface area contributed by atoms with E-state index in [0.717, 1.165) is 0 Å². The Balaban J connectivity index is 2.63. The number of carbonyl (C=O) groups is 2. The number of amides is 2. The number of aliphatic carboxylic acids is 1. The first-order valence-corrected chi connectivity index (χ1v) is 7.06. The zero-order valence-electron chi connectivity index (χ0n) is 12.8. The molecule has 0 radical (unpaired) electrons. The molecule has 0 spiro atoms. The van der Waals surface area contributed by atoms with Gasteiger partial charge >= 0.3 is 12.0 Å². The van der Waals surface area contributed by atoms with Gasteiger partial charge in [0, 0.05) is 12.6 Å². The molecular formula is C14H26N2O4. The van der Waals surface area contributed by atoms with Crippen molar-refractivity contribution in [2.75, 3.05) is 19.8 Å². The smallest absolute Gasteiger partial charge is 0.318 e. The van der Waals surface area contributed by atoms with Crippen LogP contribution in [-0.2, 0) is 9.53 Å². The van der Waals surface area contributed by atoms with Crippen LogP contribution in [0.1, 0.15) is 40.5 Å². The highest BCUT2D eigenvalue weighted by atomic mass is 16.5. The van der Waals surface area contributed by atoms with Crippen LogP contribution in [-0.4, -0.2) is 53.8 Å². The van der Waals surface area contributed by atoms with Crippen molar-refractivity contribution < 1.29 is 19.4 Å². The molecule has 20 heavy (non-hydrogen) atoms. The Labute approximate surface area is 120 Å². The number of ether oxygens (including phenoxy) is 1. The van der Waals surface area contributed by atoms with E-state index in [-0.39, 0.29) is 30.0 Å². The lowest BCUT2D eigenvalue weighted by Gasteiger charge is -2.35. The van der Waals surface area contributed by atoms with Crippen LogP contribution in [0.15, 0.2) is 0 Å². The van der Waals surface area contributed by atoms with E-state index in [9.17, 15) is 9.59 Å². The van der Waals surface area contributed by atoms with E-state index in [1.54, 1.807) is 4.90 Å². The molecule has 116 valence electrons. The molecule has 1 rings (SSSR count). The molecule has 0 aromatic heterocycles. The van der Waals surface area contributed by atoms with Crippen molar-refractivity contribution in [1.82, 2.24) is 10.2 Å². The van der Waals surface area contributed by atoms with Crippen LogP contribution in [0.3, 0.4) is 0 Å². The second kappa shape index (κ2) is 6.92. The summed E-state index contributed by atoms with van der Waals surface area (Å²) in [7, 11) is 0. The number of morpholine rings is 1. The molecule has 0 aliphatic carbocycles. The summed E-state index contributed by atoms with van der Waals surface area (Å²) in [6.07, 6.45) is 0.575. The highest BCUT2D eigenvalue weighted by molar-refractivity contribution is 5.76. The Morgan fingerprint density at radius 2 is 2.10 bits per heavy atom. The van der Waals surface area contributed by atoms with Gasteiger partial charge in [-0.2, -0.15) is 0 Å². The Morgan fingerprint density at radius 3 is 2.60 bits per heavy atom. The summed E-state index contributed by atoms with van der Waals surface area (Å²) in [6, 6.07) is -0.532. The van der Waals surface area contributed by atoms with Gasteiger partial charge in [0.25, 0.3) is 0 Å². The molecule has 2 N–H and O–H groups in total. The fourth-order valence-corrected chi connectivity index (χ4v) is 2.41. The number of hydrogen-bond acceptors (Lipinski definition) is 3. The van der Waals surface area contributed by atoms with Gasteiger partial charge in [-0.1, -0.05) is 20.8 Å². The molecule has 0 aromatic carbocycles. The zero-order valence-corrected chi connectivity index (χ0v) is 12.8. The van der Waals surface area contributed by atoms with Crippen molar-refractivity contribution in [3.8, 4) is 0 Å². The minimum Gasteiger partial charge on any atom is -0.481 e. The summed E-state index contributed by atoms with van der Waals surface area (Å²) >= 11 is 0. The molecular weight excluding hydrogens is 260 g/mol. The van der Waals surface area contributed by atoms with Crippen LogP contribution in [0.4, 0.5) is 4.79 Å². The molecule has 6 heteroatoms. The molecule has 1 heterocycles. The van der Waals surface area contributed by atoms with Crippen molar-refractivity contribution in [2.24, 2.45) is 5.41 Å². The van der Waals surface area contributed by atoms with Gasteiger partial charge in [0.15, 0.2) is 0 Å². The minimum absolute atomic E-state index is 0.0175. The molecule has 6 nitrogen and oxygen atoms in total. The van der Waals surface area contributed by atoms with Crippen molar-refractivity contribution >= 4 is 12.0 Å². The third-order valence-electron chi connectivity index (χ3n) is 3.24. The van der Waals surface area contributed by atoms with Gasteiger partial charge < -0.3 is 20.1 Å². The molecule has 1 aliphatic rings. The topological polar surface area (TPSA) is 78.9 Å². The maximum atomic E-state index is 12.3. The highest BCUT2D eigenvalue weighted by Crippen LogP contribution is 2.22. The average molecular weight is 286 g/mol. The number of nitrogens with zero attached hydrogens (tertiary/aromatic N) is 1. The largest absolute Gasteiger partial charge is 0.481 e. The number of hydrogen-bond donors (Lipinski definition) is 2. The summed E-state index contributed by atoms with van der Waals surface area (Å²) in [6.45, 7) is 9.62. The van der Waals surface area contributed by atoms with Crippen LogP contribution in [0.25, 0.3) is 0 Å². The monoisotopic (exact) mass is 286 g/mol. The second-order valence-electron chi connectivity index (χ2n) is 6.63. The first-order valence-electron chi connectivity index (χ1n) is 7.06. The van der Waals surface area contributed by atoms with Crippen LogP contribution in [0.5, 0.6) is 0 Å². The van der Waals surface area contributed by atoms with Gasteiger partial charge in [-0.25, -0.2) is 4.79 Å². The predicted molar refractivity (Wildman–Crippen MR) is 75.6 cm³/mol. The van der Waals surface area contributed by atoms with Crippen LogP contribution >= 0.6 is 0 Å². The molecule has 0 bridgehead atoms. The normalized spacial score (nSPS) is 21.4. The van der Waals surface area contributed by atoms with E-state index in [4.69, 9.17) is 9.84 Å². The lowest BCUT2D eigenvalue weighted by Crippen LogP contribution is -2.54. The fraction of sp³-hybridized carbons (Fsp3) is 0.857. The first-order chi connectivity index (χ1) is 9.19. The third kappa shape index (κ3) is 5.77. The molecule has 0 aromatic rings. The van der Waals surface area contributed by atoms with E-state index in [0.29, 0.717) is 26.2 Å². The number of urea groups is 1. The van der Waals surface area contributed by atoms with Crippen molar-refractivity contribution in [3.05, 3.63) is 0 Å². The highest BCUT2D eigenvalue weighted by Gasteiger charge is 2.28. The maximum Gasteiger partial charge on any atom is 0.318 e. The average Bonchev–Trinajstić information content (AvgIpc) is 2.25. The van der Waals surface area contributed by atoms with Gasteiger partial charge in [-0.05, 0) is 18.8 Å². The van der Waals surface area contributed by atoms with Crippen molar-refractivity contribution in [1.29, 1.82) is 0 Å². The molecule has 2 atom stereocenters. The van der Waals surface area contributed by atoms with Gasteiger partial charge in [0.2, 0.25) is 0 Å². The van der Waals surface area contributed by atoms with Gasteiger partial charge in [-0.15, -0.1) is 0 Å². The molecule has 2 unspecified atom stereocenters. The first kappa shape index (κ1) is 16.8. The SMILES string of the molecule is CC1COCCN1C(=O)NC(CC(=O)O)CC(C)(C)C. The van der Waals surface area contributed by atoms with Crippen LogP contribution < -0.4 is 5.32 Å². The Kier molecular flexibility index (Phi) is 5.80. The number of carboxylic acids is 1. The van der Waals surface area contributed by atoms with E-state index in [1.807, 2.05) is 27.7 Å². The van der Waals surface area contributed by atoms with Crippen molar-refractivity contribution in [3.63, 3.8) is 0 Å². The Morgan fingerprint density at radius 1 is 1.45 bits per heavy atom. The van der Waals surface area contributed by atoms with E-state index >= 15 is 0 Å². The predicted octanol–water partition coefficient (Wildman–Crippen LogP) is 1.70. The molecule has 0 saturated carbocycles. The zero-order chi connectivity index (χ0) is 15.3. The van der Waals surface area contributed by atoms with Gasteiger partial charge in [-0.3, -0.25) is 4.79 Å². The summed E-state index contributed by atoms with van der Waals surface area (Å²) in [4.78, 5) is 24.9. The van der Waals surface area contributed by atoms with Crippen LogP contribution in [0.2, 0.25) is 0 Å². The lowest BCUT2D eigenvalue weighted by atomic mass is 9.87. The van der Waals surface area contributed by atoms with E-state index in [2.05, 4.69) is 5.32 Å². The third-order valence-corrected chi connectivity index (χ3v) is 3.24. The fourth-order valence-electron chi connectivity index (χ4n) is 2.41. The van der Waals surface area contributed by atoms with E-state index in [1.165, 1.54) is 0 Å². The van der Waals surface area contributed by atoms with E-state index < -0.39 is 5.97 Å². The molecule has 1 aliphatic heterocycles. The molecule has 2 amide bonds. The standard InChI is InChI=1S/C14H26N2O4/c1-10-9-20-6-5-16(10)13(19)15-11(7-12(17)18)8-14(2,3)4/h10-11H,5-9H2,1-4H3,(H,15,19)(H,17,18). The van der Waals surface area contributed by atoms with Gasteiger partial charge in [0.05, 0.1) is 25.7 Å². The Hall–Kier alpha value is -1.30. The Bertz CT molecular complexity index is 352. The summed E-state index contributed by atoms with van der Waals surface area (Å²) in [5.74, 6) is -0.894. The minimum atomic E-state index is -0.894. The molecule has 1 saturated heterocycles. The maximum absolute atomic E-state index is 12.3. The van der Waals surface area contributed by atoms with Gasteiger partial charge in [0.1, 0.15) is 0 Å². The van der Waals surface area contributed by atoms with Crippen molar-refractivity contribution in [2.45, 2.75) is 52.6 Å². The number of carboxylic acid groups (broad SMARTS) is 1.